The summed E-state index contributed by atoms with van der Waals surface area (Å²) in [5, 5.41) is 10.3. The van der Waals surface area contributed by atoms with Crippen LogP contribution in [0.4, 0.5) is 17.5 Å². The maximum Gasteiger partial charge on any atom is 0.230 e. The molecular weight excluding hydrogens is 404 g/mol. The molecule has 0 saturated heterocycles. The number of fused-ring (bicyclic) bond motifs is 3. The second-order valence-corrected chi connectivity index (χ2v) is 9.77. The van der Waals surface area contributed by atoms with E-state index in [1.807, 2.05) is 5.38 Å². The van der Waals surface area contributed by atoms with Crippen molar-refractivity contribution in [3.63, 3.8) is 0 Å². The Morgan fingerprint density at radius 1 is 1.17 bits per heavy atom. The van der Waals surface area contributed by atoms with Crippen molar-refractivity contribution in [2.45, 2.75) is 50.8 Å². The number of anilines is 3. The van der Waals surface area contributed by atoms with E-state index < -0.39 is 0 Å². The van der Waals surface area contributed by atoms with E-state index in [1.54, 1.807) is 17.5 Å². The number of nitrogens with zero attached hydrogens (tertiary/aromatic N) is 4. The van der Waals surface area contributed by atoms with Crippen LogP contribution in [0, 0.1) is 0 Å². The Hall–Kier alpha value is -1.81. The van der Waals surface area contributed by atoms with Crippen molar-refractivity contribution in [2.75, 3.05) is 31.3 Å². The lowest BCUT2D eigenvalue weighted by molar-refractivity contribution is 0.114. The zero-order valence-corrected chi connectivity index (χ0v) is 18.4. The van der Waals surface area contributed by atoms with E-state index in [4.69, 9.17) is 14.7 Å². The molecule has 3 aromatic heterocycles. The average Bonchev–Trinajstić information content (AvgIpc) is 3.35. The number of ether oxygens (including phenoxy) is 1. The summed E-state index contributed by atoms with van der Waals surface area (Å²) in [6.45, 7) is 1.45. The van der Waals surface area contributed by atoms with E-state index in [1.165, 1.54) is 53.0 Å². The summed E-state index contributed by atoms with van der Waals surface area (Å²) in [6.07, 6.45) is 7.52. The SMILES string of the molecule is CN(C)[C@H]1CC[C@H](Nc2nc(Nc3cnsc3)nc3sc4c(c23)CCOC4)CC1. The Labute approximate surface area is 178 Å². The van der Waals surface area contributed by atoms with Crippen LogP contribution in [0.25, 0.3) is 10.2 Å². The van der Waals surface area contributed by atoms with Gasteiger partial charge < -0.3 is 20.3 Å². The number of rotatable bonds is 5. The predicted octanol–water partition coefficient (Wildman–Crippen LogP) is 4.25. The third kappa shape index (κ3) is 3.96. The fraction of sp³-hybridized carbons (Fsp3) is 0.550. The van der Waals surface area contributed by atoms with Crippen LogP contribution in [-0.2, 0) is 17.8 Å². The molecule has 1 saturated carbocycles. The van der Waals surface area contributed by atoms with E-state index >= 15 is 0 Å². The quantitative estimate of drug-likeness (QED) is 0.627. The molecule has 0 unspecified atom stereocenters. The Morgan fingerprint density at radius 3 is 2.79 bits per heavy atom. The molecule has 29 heavy (non-hydrogen) atoms. The molecule has 1 aliphatic heterocycles. The Morgan fingerprint density at radius 2 is 2.03 bits per heavy atom. The summed E-state index contributed by atoms with van der Waals surface area (Å²) in [4.78, 5) is 14.4. The van der Waals surface area contributed by atoms with Crippen LogP contribution in [0.2, 0.25) is 0 Å². The molecule has 7 nitrogen and oxygen atoms in total. The maximum absolute atomic E-state index is 5.68. The van der Waals surface area contributed by atoms with Gasteiger partial charge in [-0.3, -0.25) is 0 Å². The Balaban J connectivity index is 1.47. The zero-order chi connectivity index (χ0) is 19.8. The second kappa shape index (κ2) is 8.14. The summed E-state index contributed by atoms with van der Waals surface area (Å²) in [5.41, 5.74) is 2.29. The van der Waals surface area contributed by atoms with Crippen molar-refractivity contribution in [2.24, 2.45) is 0 Å². The van der Waals surface area contributed by atoms with Crippen LogP contribution >= 0.6 is 22.9 Å². The van der Waals surface area contributed by atoms with E-state index in [9.17, 15) is 0 Å². The number of nitrogens with one attached hydrogen (secondary N) is 2. The number of hydrogen-bond donors (Lipinski definition) is 2. The highest BCUT2D eigenvalue weighted by molar-refractivity contribution is 7.19. The monoisotopic (exact) mass is 430 g/mol. The molecule has 5 rings (SSSR count). The molecule has 2 N–H and O–H groups in total. The van der Waals surface area contributed by atoms with Gasteiger partial charge in [0.05, 0.1) is 30.5 Å². The van der Waals surface area contributed by atoms with E-state index in [-0.39, 0.29) is 0 Å². The fourth-order valence-electron chi connectivity index (χ4n) is 4.31. The topological polar surface area (TPSA) is 75.2 Å². The van der Waals surface area contributed by atoms with E-state index in [0.717, 1.165) is 29.4 Å². The lowest BCUT2D eigenvalue weighted by Crippen LogP contribution is -2.36. The highest BCUT2D eigenvalue weighted by Gasteiger charge is 2.26. The summed E-state index contributed by atoms with van der Waals surface area (Å²) in [6, 6.07) is 1.14. The number of aromatic nitrogens is 3. The van der Waals surface area contributed by atoms with Gasteiger partial charge >= 0.3 is 0 Å². The highest BCUT2D eigenvalue weighted by atomic mass is 32.1. The summed E-state index contributed by atoms with van der Waals surface area (Å²) < 4.78 is 9.84. The minimum absolute atomic E-state index is 0.454. The first-order chi connectivity index (χ1) is 14.2. The normalized spacial score (nSPS) is 22.0. The molecule has 1 fully saturated rings. The van der Waals surface area contributed by atoms with Gasteiger partial charge in [0.2, 0.25) is 5.95 Å². The fourth-order valence-corrected chi connectivity index (χ4v) is 5.94. The number of thiophene rings is 1. The molecule has 1 aliphatic carbocycles. The van der Waals surface area contributed by atoms with Crippen LogP contribution < -0.4 is 10.6 Å². The van der Waals surface area contributed by atoms with Gasteiger partial charge in [0.1, 0.15) is 10.6 Å². The molecule has 0 amide bonds. The summed E-state index contributed by atoms with van der Waals surface area (Å²) >= 11 is 3.15. The molecule has 2 aliphatic rings. The molecule has 154 valence electrons. The summed E-state index contributed by atoms with van der Waals surface area (Å²) in [5.74, 6) is 1.59. The molecule has 0 aromatic carbocycles. The van der Waals surface area contributed by atoms with Crippen LogP contribution in [0.15, 0.2) is 11.6 Å². The third-order valence-corrected chi connectivity index (χ3v) is 7.61. The molecule has 4 heterocycles. The van der Waals surface area contributed by atoms with Gasteiger partial charge in [-0.2, -0.15) is 9.36 Å². The average molecular weight is 431 g/mol. The molecular formula is C20H26N6OS2. The third-order valence-electron chi connectivity index (χ3n) is 5.92. The highest BCUT2D eigenvalue weighted by Crippen LogP contribution is 2.39. The van der Waals surface area contributed by atoms with Crippen molar-refractivity contribution >= 4 is 50.5 Å². The van der Waals surface area contributed by atoms with Gasteiger partial charge in [0, 0.05) is 22.3 Å². The predicted molar refractivity (Wildman–Crippen MR) is 120 cm³/mol. The molecule has 0 atom stereocenters. The van der Waals surface area contributed by atoms with Crippen LogP contribution in [0.1, 0.15) is 36.1 Å². The van der Waals surface area contributed by atoms with Gasteiger partial charge in [0.25, 0.3) is 0 Å². The standard InChI is InChI=1S/C20H26N6OS2/c1-26(2)14-5-3-12(4-6-14)22-18-17-15-7-8-27-10-16(15)29-19(17)25-20(24-18)23-13-9-21-28-11-13/h9,11-12,14H,3-8,10H2,1-2H3,(H2,22,23,24,25)/t12-,14-. The van der Waals surface area contributed by atoms with E-state index in [2.05, 4.69) is 34.0 Å². The van der Waals surface area contributed by atoms with Crippen LogP contribution in [-0.4, -0.2) is 52.0 Å². The second-order valence-electron chi connectivity index (χ2n) is 8.03. The first kappa shape index (κ1) is 19.2. The zero-order valence-electron chi connectivity index (χ0n) is 16.8. The van der Waals surface area contributed by atoms with Crippen molar-refractivity contribution in [3.8, 4) is 0 Å². The minimum atomic E-state index is 0.454. The molecule has 0 radical (unpaired) electrons. The van der Waals surface area contributed by atoms with Gasteiger partial charge in [-0.15, -0.1) is 11.3 Å². The van der Waals surface area contributed by atoms with Gasteiger partial charge in [-0.25, -0.2) is 4.98 Å². The van der Waals surface area contributed by atoms with Crippen LogP contribution in [0.3, 0.4) is 0 Å². The van der Waals surface area contributed by atoms with Crippen LogP contribution in [0.5, 0.6) is 0 Å². The molecule has 3 aromatic rings. The smallest absolute Gasteiger partial charge is 0.230 e. The molecule has 0 spiro atoms. The summed E-state index contributed by atoms with van der Waals surface area (Å²) in [7, 11) is 4.37. The molecule has 9 heteroatoms. The Kier molecular flexibility index (Phi) is 5.38. The Bertz CT molecular complexity index is 979. The number of hydrogen-bond acceptors (Lipinski definition) is 9. The minimum Gasteiger partial charge on any atom is -0.376 e. The lowest BCUT2D eigenvalue weighted by atomic mass is 9.90. The largest absolute Gasteiger partial charge is 0.376 e. The van der Waals surface area contributed by atoms with Gasteiger partial charge in [-0.1, -0.05) is 0 Å². The van der Waals surface area contributed by atoms with Crippen molar-refractivity contribution in [3.05, 3.63) is 22.0 Å². The van der Waals surface area contributed by atoms with Crippen molar-refractivity contribution in [1.82, 2.24) is 19.2 Å². The maximum atomic E-state index is 5.68. The van der Waals surface area contributed by atoms with Crippen molar-refractivity contribution < 1.29 is 4.74 Å². The lowest BCUT2D eigenvalue weighted by Gasteiger charge is -2.33. The van der Waals surface area contributed by atoms with Gasteiger partial charge in [-0.05, 0) is 63.3 Å². The van der Waals surface area contributed by atoms with Crippen molar-refractivity contribution in [1.29, 1.82) is 0 Å². The first-order valence-corrected chi connectivity index (χ1v) is 11.8. The van der Waals surface area contributed by atoms with E-state index in [0.29, 0.717) is 24.6 Å². The first-order valence-electron chi connectivity index (χ1n) is 10.2. The molecule has 0 bridgehead atoms. The van der Waals surface area contributed by atoms with Gasteiger partial charge in [0.15, 0.2) is 0 Å².